The van der Waals surface area contributed by atoms with Gasteiger partial charge in [0.25, 0.3) is 5.89 Å². The van der Waals surface area contributed by atoms with Crippen LogP contribution in [0.1, 0.15) is 19.7 Å². The molecule has 0 aliphatic rings. The van der Waals surface area contributed by atoms with Crippen LogP contribution in [0.2, 0.25) is 0 Å². The van der Waals surface area contributed by atoms with Gasteiger partial charge in [-0.1, -0.05) is 35.5 Å². The molecule has 2 aromatic rings. The van der Waals surface area contributed by atoms with Crippen molar-refractivity contribution < 1.29 is 4.52 Å². The van der Waals surface area contributed by atoms with E-state index >= 15 is 0 Å². The number of benzene rings is 1. The Balaban J connectivity index is 2.37. The van der Waals surface area contributed by atoms with Gasteiger partial charge in [-0.05, 0) is 13.8 Å². The van der Waals surface area contributed by atoms with Gasteiger partial charge in [0.15, 0.2) is 5.41 Å². The average molecular weight is 229 g/mol. The van der Waals surface area contributed by atoms with Crippen LogP contribution in [0.15, 0.2) is 34.9 Å². The summed E-state index contributed by atoms with van der Waals surface area (Å²) in [6.07, 6.45) is 0. The van der Waals surface area contributed by atoms with Gasteiger partial charge in [-0.25, -0.2) is 0 Å². The van der Waals surface area contributed by atoms with E-state index in [1.807, 2.05) is 30.3 Å². The van der Waals surface area contributed by atoms with Crippen LogP contribution >= 0.6 is 0 Å². The quantitative estimate of drug-likeness (QED) is 0.742. The summed E-state index contributed by atoms with van der Waals surface area (Å²) in [5, 5.41) is 16.7. The van der Waals surface area contributed by atoms with Gasteiger partial charge >= 0.3 is 6.07 Å². The fourth-order valence-electron chi connectivity index (χ4n) is 1.34. The highest BCUT2D eigenvalue weighted by molar-refractivity contribution is 5.53. The van der Waals surface area contributed by atoms with Crippen molar-refractivity contribution in [2.45, 2.75) is 19.3 Å². The van der Waals surface area contributed by atoms with Crippen LogP contribution in [0.5, 0.6) is 0 Å². The van der Waals surface area contributed by atoms with Crippen molar-refractivity contribution in [1.29, 1.82) is 0 Å². The lowest BCUT2D eigenvalue weighted by atomic mass is 9.96. The van der Waals surface area contributed by atoms with Gasteiger partial charge in [0.2, 0.25) is 5.82 Å². The standard InChI is InChI=1S/C12H11N3O2/c1-12(2,8-13-16)11-14-10(15-17-11)9-6-4-3-5-7-9/h3-7H,1-2H3. The molecule has 0 N–H and O–H groups in total. The summed E-state index contributed by atoms with van der Waals surface area (Å²) in [5.41, 5.74) is 0.0827. The maximum absolute atomic E-state index is 10.2. The Morgan fingerprint density at radius 1 is 1.29 bits per heavy atom. The molecule has 0 atom stereocenters. The number of aromatic nitrogens is 2. The Morgan fingerprint density at radius 2 is 2.00 bits per heavy atom. The van der Waals surface area contributed by atoms with E-state index in [0.717, 1.165) is 5.56 Å². The number of hydrogen-bond acceptors (Lipinski definition) is 4. The third kappa shape index (κ3) is 2.26. The zero-order chi connectivity index (χ0) is 12.3. The summed E-state index contributed by atoms with van der Waals surface area (Å²) >= 11 is 0. The molecule has 0 aliphatic heterocycles. The molecular formula is C12H11N3O2. The zero-order valence-electron chi connectivity index (χ0n) is 9.54. The fraction of sp³-hybridized carbons (Fsp3) is 0.250. The Kier molecular flexibility index (Phi) is 2.79. The van der Waals surface area contributed by atoms with E-state index in [2.05, 4.69) is 21.2 Å². The number of hydrogen-bond donors (Lipinski definition) is 0. The molecule has 0 amide bonds. The molecular weight excluding hydrogens is 218 g/mol. The van der Waals surface area contributed by atoms with Crippen molar-refractivity contribution in [3.8, 4) is 17.5 Å². The van der Waals surface area contributed by atoms with E-state index in [1.54, 1.807) is 13.8 Å². The lowest BCUT2D eigenvalue weighted by Gasteiger charge is -2.03. The summed E-state index contributed by atoms with van der Waals surface area (Å²) in [7, 11) is 0. The first-order valence-corrected chi connectivity index (χ1v) is 5.12. The second-order valence-corrected chi connectivity index (χ2v) is 4.12. The summed E-state index contributed by atoms with van der Waals surface area (Å²) in [4.78, 5) is 4.23. The summed E-state index contributed by atoms with van der Waals surface area (Å²) in [6.45, 7) is 3.47. The van der Waals surface area contributed by atoms with Crippen molar-refractivity contribution in [3.63, 3.8) is 0 Å². The molecule has 1 heterocycles. The number of rotatable bonds is 2. The van der Waals surface area contributed by atoms with Crippen molar-refractivity contribution in [2.75, 3.05) is 0 Å². The molecule has 0 saturated carbocycles. The van der Waals surface area contributed by atoms with Gasteiger partial charge in [0.05, 0.1) is 0 Å². The lowest BCUT2D eigenvalue weighted by molar-refractivity contribution is 0.342. The molecule has 0 aliphatic carbocycles. The van der Waals surface area contributed by atoms with Crippen molar-refractivity contribution in [1.82, 2.24) is 10.1 Å². The fourth-order valence-corrected chi connectivity index (χ4v) is 1.34. The highest BCUT2D eigenvalue weighted by Crippen LogP contribution is 2.23. The summed E-state index contributed by atoms with van der Waals surface area (Å²) < 4.78 is 5.11. The van der Waals surface area contributed by atoms with Gasteiger partial charge in [0, 0.05) is 10.6 Å². The summed E-state index contributed by atoms with van der Waals surface area (Å²) in [6, 6.07) is 11.8. The molecule has 0 fully saturated rings. The molecule has 0 bridgehead atoms. The third-order valence-corrected chi connectivity index (χ3v) is 2.32. The molecule has 1 aromatic carbocycles. The number of nitrogens with zero attached hydrogens (tertiary/aromatic N) is 3. The van der Waals surface area contributed by atoms with Crippen molar-refractivity contribution >= 4 is 0 Å². The average Bonchev–Trinajstić information content (AvgIpc) is 2.80. The van der Waals surface area contributed by atoms with Crippen LogP contribution in [-0.2, 0) is 5.41 Å². The van der Waals surface area contributed by atoms with E-state index in [4.69, 9.17) is 4.52 Å². The van der Waals surface area contributed by atoms with Crippen LogP contribution in [0.3, 0.4) is 0 Å². The van der Waals surface area contributed by atoms with Crippen LogP contribution in [0.25, 0.3) is 16.4 Å². The minimum Gasteiger partial charge on any atom is -0.498 e. The van der Waals surface area contributed by atoms with Gasteiger partial charge in [0.1, 0.15) is 0 Å². The van der Waals surface area contributed by atoms with Crippen LogP contribution in [0.4, 0.5) is 0 Å². The van der Waals surface area contributed by atoms with E-state index in [0.29, 0.717) is 11.7 Å². The second kappa shape index (κ2) is 4.26. The predicted octanol–water partition coefficient (Wildman–Crippen LogP) is 2.84. The molecule has 0 unspecified atom stereocenters. The van der Waals surface area contributed by atoms with Crippen molar-refractivity contribution in [2.24, 2.45) is 0 Å². The highest BCUT2D eigenvalue weighted by atomic mass is 16.5. The minimum atomic E-state index is -0.776. The zero-order valence-corrected chi connectivity index (χ0v) is 9.54. The van der Waals surface area contributed by atoms with Gasteiger partial charge in [-0.2, -0.15) is 4.98 Å². The molecule has 1 aromatic heterocycles. The van der Waals surface area contributed by atoms with Gasteiger partial charge < -0.3 is 9.73 Å². The van der Waals surface area contributed by atoms with E-state index in [1.165, 1.54) is 0 Å². The Labute approximate surface area is 98.5 Å². The Morgan fingerprint density at radius 3 is 2.65 bits per heavy atom. The van der Waals surface area contributed by atoms with Gasteiger partial charge in [-0.15, -0.1) is 0 Å². The third-order valence-electron chi connectivity index (χ3n) is 2.32. The minimum absolute atomic E-state index is 0.316. The molecule has 2 rings (SSSR count). The van der Waals surface area contributed by atoms with E-state index < -0.39 is 5.41 Å². The normalized spacial score (nSPS) is 10.7. The summed E-state index contributed by atoms with van der Waals surface area (Å²) in [5.74, 6) is 0.803. The molecule has 5 nitrogen and oxygen atoms in total. The second-order valence-electron chi connectivity index (χ2n) is 4.12. The van der Waals surface area contributed by atoms with Crippen LogP contribution < -0.4 is 0 Å². The highest BCUT2D eigenvalue weighted by Gasteiger charge is 2.32. The van der Waals surface area contributed by atoms with E-state index in [-0.39, 0.29) is 0 Å². The van der Waals surface area contributed by atoms with Crippen molar-refractivity contribution in [3.05, 3.63) is 46.4 Å². The first-order valence-electron chi connectivity index (χ1n) is 5.12. The first-order chi connectivity index (χ1) is 8.13. The van der Waals surface area contributed by atoms with Gasteiger partial charge in [-0.3, -0.25) is 0 Å². The molecule has 17 heavy (non-hydrogen) atoms. The van der Waals surface area contributed by atoms with Crippen LogP contribution in [-0.4, -0.2) is 10.1 Å². The monoisotopic (exact) mass is 229 g/mol. The van der Waals surface area contributed by atoms with Crippen LogP contribution in [0, 0.1) is 11.3 Å². The predicted molar refractivity (Wildman–Crippen MR) is 63.4 cm³/mol. The van der Waals surface area contributed by atoms with E-state index in [9.17, 15) is 5.21 Å². The molecule has 86 valence electrons. The molecule has 0 saturated heterocycles. The maximum Gasteiger partial charge on any atom is 0.314 e. The largest absolute Gasteiger partial charge is 0.498 e. The SMILES string of the molecule is CC(C)(C#[N+][O-])c1nc(-c2ccccc2)no1. The molecule has 0 spiro atoms. The maximum atomic E-state index is 10.2. The smallest absolute Gasteiger partial charge is 0.314 e. The molecule has 5 heteroatoms. The topological polar surface area (TPSA) is 66.3 Å². The first kappa shape index (κ1) is 11.1. The lowest BCUT2D eigenvalue weighted by Crippen LogP contribution is -2.14. The Hall–Kier alpha value is -2.35. The Bertz CT molecular complexity index is 564. The molecule has 0 radical (unpaired) electrons.